The number of esters is 1. The van der Waals surface area contributed by atoms with Gasteiger partial charge in [-0.15, -0.1) is 0 Å². The fraction of sp³-hybridized carbons (Fsp3) is 0.484. The Labute approximate surface area is 236 Å². The maximum Gasteiger partial charge on any atom is 0.407 e. The number of hydrogen-bond donors (Lipinski definition) is 2. The Morgan fingerprint density at radius 2 is 1.68 bits per heavy atom. The lowest BCUT2D eigenvalue weighted by Gasteiger charge is -2.39. The van der Waals surface area contributed by atoms with Crippen LogP contribution in [0.3, 0.4) is 0 Å². The molecular weight excluding hydrogens is 510 g/mol. The molecule has 2 aromatic carbocycles. The molecule has 0 saturated carbocycles. The van der Waals surface area contributed by atoms with E-state index in [0.29, 0.717) is 24.9 Å². The quantitative estimate of drug-likeness (QED) is 0.330. The van der Waals surface area contributed by atoms with Crippen molar-refractivity contribution in [1.29, 1.82) is 0 Å². The number of carbonyl (C=O) groups excluding carboxylic acids is 4. The van der Waals surface area contributed by atoms with E-state index in [1.165, 1.54) is 6.92 Å². The summed E-state index contributed by atoms with van der Waals surface area (Å²) in [5, 5.41) is 5.80. The predicted molar refractivity (Wildman–Crippen MR) is 154 cm³/mol. The van der Waals surface area contributed by atoms with Crippen molar-refractivity contribution in [2.45, 2.75) is 91.5 Å². The van der Waals surface area contributed by atoms with E-state index in [1.54, 1.807) is 30.9 Å². The molecule has 216 valence electrons. The molecule has 0 spiro atoms. The highest BCUT2D eigenvalue weighted by molar-refractivity contribution is 5.95. The lowest BCUT2D eigenvalue weighted by Crippen LogP contribution is -2.45. The van der Waals surface area contributed by atoms with Crippen LogP contribution in [0.2, 0.25) is 0 Å². The maximum absolute atomic E-state index is 12.6. The summed E-state index contributed by atoms with van der Waals surface area (Å²) in [6, 6.07) is 12.6. The molecule has 3 amide bonds. The number of nitrogens with one attached hydrogen (secondary N) is 2. The number of ether oxygens (including phenoxy) is 2. The summed E-state index contributed by atoms with van der Waals surface area (Å²) in [6.07, 6.45) is 0.530. The first kappa shape index (κ1) is 30.7. The van der Waals surface area contributed by atoms with Gasteiger partial charge < -0.3 is 25.0 Å². The molecule has 2 N–H and O–H groups in total. The minimum Gasteiger partial charge on any atom is -0.460 e. The summed E-state index contributed by atoms with van der Waals surface area (Å²) in [4.78, 5) is 51.0. The van der Waals surface area contributed by atoms with Gasteiger partial charge in [0.05, 0.1) is 12.1 Å². The number of fused-ring (bicyclic) bond motifs is 1. The molecule has 0 saturated heterocycles. The molecule has 0 unspecified atom stereocenters. The first-order valence-electron chi connectivity index (χ1n) is 13.8. The van der Waals surface area contributed by atoms with Gasteiger partial charge in [0, 0.05) is 37.2 Å². The van der Waals surface area contributed by atoms with E-state index in [4.69, 9.17) is 9.47 Å². The number of benzene rings is 2. The van der Waals surface area contributed by atoms with Gasteiger partial charge in [0.25, 0.3) is 5.91 Å². The van der Waals surface area contributed by atoms with Crippen molar-refractivity contribution < 1.29 is 28.7 Å². The van der Waals surface area contributed by atoms with E-state index >= 15 is 0 Å². The monoisotopic (exact) mass is 551 g/mol. The van der Waals surface area contributed by atoms with E-state index in [2.05, 4.69) is 10.6 Å². The summed E-state index contributed by atoms with van der Waals surface area (Å²) >= 11 is 0. The highest BCUT2D eigenvalue weighted by Gasteiger charge is 2.33. The van der Waals surface area contributed by atoms with Crippen molar-refractivity contribution in [3.8, 4) is 11.1 Å². The van der Waals surface area contributed by atoms with Crippen LogP contribution < -0.4 is 15.5 Å². The summed E-state index contributed by atoms with van der Waals surface area (Å²) in [7, 11) is 0. The zero-order valence-corrected chi connectivity index (χ0v) is 24.5. The Morgan fingerprint density at radius 3 is 2.27 bits per heavy atom. The van der Waals surface area contributed by atoms with E-state index in [9.17, 15) is 19.2 Å². The highest BCUT2D eigenvalue weighted by Crippen LogP contribution is 2.39. The van der Waals surface area contributed by atoms with Gasteiger partial charge in [-0.25, -0.2) is 4.79 Å². The normalized spacial score (nSPS) is 16.6. The van der Waals surface area contributed by atoms with Crippen LogP contribution in [0.5, 0.6) is 0 Å². The van der Waals surface area contributed by atoms with Crippen LogP contribution >= 0.6 is 0 Å². The van der Waals surface area contributed by atoms with Gasteiger partial charge in [0.2, 0.25) is 5.91 Å². The fourth-order valence-corrected chi connectivity index (χ4v) is 4.79. The van der Waals surface area contributed by atoms with Gasteiger partial charge in [-0.2, -0.15) is 0 Å². The Hall–Kier alpha value is -3.88. The second kappa shape index (κ2) is 13.0. The first-order valence-corrected chi connectivity index (χ1v) is 13.8. The van der Waals surface area contributed by atoms with E-state index < -0.39 is 11.7 Å². The summed E-state index contributed by atoms with van der Waals surface area (Å²) in [5.41, 5.74) is 3.35. The van der Waals surface area contributed by atoms with Crippen molar-refractivity contribution in [3.63, 3.8) is 0 Å². The Bertz CT molecular complexity index is 1230. The van der Waals surface area contributed by atoms with E-state index in [-0.39, 0.29) is 42.4 Å². The molecule has 0 aromatic heterocycles. The van der Waals surface area contributed by atoms with E-state index in [0.717, 1.165) is 22.4 Å². The van der Waals surface area contributed by atoms with Crippen LogP contribution in [0.25, 0.3) is 11.1 Å². The smallest absolute Gasteiger partial charge is 0.407 e. The molecule has 40 heavy (non-hydrogen) atoms. The number of anilines is 1. The lowest BCUT2D eigenvalue weighted by molar-refractivity contribution is -0.154. The third-order valence-corrected chi connectivity index (χ3v) is 6.40. The van der Waals surface area contributed by atoms with E-state index in [1.807, 2.05) is 58.0 Å². The Balaban J connectivity index is 1.72. The second-order valence-corrected chi connectivity index (χ2v) is 11.4. The molecule has 0 fully saturated rings. The van der Waals surface area contributed by atoms with Crippen molar-refractivity contribution in [3.05, 3.63) is 53.6 Å². The van der Waals surface area contributed by atoms with Crippen molar-refractivity contribution in [2.24, 2.45) is 0 Å². The standard InChI is InChI=1S/C31H41N3O6/c1-19(2)39-30(38)33-26-17-20(3)34(21(4)35)27-15-14-24(18-25(26)27)22-10-12-23(13-11-22)29(37)32-16-8-9-28(36)40-31(5,6)7/h10-15,18-20,26H,8-9,16-17H2,1-7H3,(H,32,37)(H,33,38)/t20-,26+/m0/s1. The van der Waals surface area contributed by atoms with Crippen molar-refractivity contribution in [2.75, 3.05) is 11.4 Å². The number of hydrogen-bond acceptors (Lipinski definition) is 6. The topological polar surface area (TPSA) is 114 Å². The summed E-state index contributed by atoms with van der Waals surface area (Å²) in [6.45, 7) is 12.9. The van der Waals surface area contributed by atoms with Crippen LogP contribution in [-0.4, -0.2) is 48.2 Å². The average molecular weight is 552 g/mol. The third-order valence-electron chi connectivity index (χ3n) is 6.40. The molecule has 3 rings (SSSR count). The molecule has 0 bridgehead atoms. The number of alkyl carbamates (subject to hydrolysis) is 1. The van der Waals surface area contributed by atoms with Crippen LogP contribution in [0.1, 0.15) is 89.7 Å². The SMILES string of the molecule is CC(=O)N1c2ccc(-c3ccc(C(=O)NCCCC(=O)OC(C)(C)C)cc3)cc2[C@H](NC(=O)OC(C)C)C[C@@H]1C. The van der Waals surface area contributed by atoms with Crippen LogP contribution in [0.4, 0.5) is 10.5 Å². The average Bonchev–Trinajstić information content (AvgIpc) is 2.84. The van der Waals surface area contributed by atoms with Gasteiger partial charge in [-0.1, -0.05) is 18.2 Å². The summed E-state index contributed by atoms with van der Waals surface area (Å²) < 4.78 is 10.6. The molecular formula is C31H41N3O6. The first-order chi connectivity index (χ1) is 18.7. The van der Waals surface area contributed by atoms with Crippen LogP contribution in [0, 0.1) is 0 Å². The fourth-order valence-electron chi connectivity index (χ4n) is 4.79. The van der Waals surface area contributed by atoms with Crippen molar-refractivity contribution >= 4 is 29.6 Å². The number of carbonyl (C=O) groups is 4. The molecule has 0 aliphatic carbocycles. The molecule has 2 atom stereocenters. The molecule has 1 heterocycles. The minimum atomic E-state index is -0.525. The number of amides is 3. The van der Waals surface area contributed by atoms with Gasteiger partial charge in [0.1, 0.15) is 5.60 Å². The second-order valence-electron chi connectivity index (χ2n) is 11.4. The van der Waals surface area contributed by atoms with Gasteiger partial charge >= 0.3 is 12.1 Å². The number of nitrogens with zero attached hydrogens (tertiary/aromatic N) is 1. The lowest BCUT2D eigenvalue weighted by atomic mass is 9.89. The van der Waals surface area contributed by atoms with Gasteiger partial charge in [-0.3, -0.25) is 14.4 Å². The largest absolute Gasteiger partial charge is 0.460 e. The molecule has 0 radical (unpaired) electrons. The molecule has 9 nitrogen and oxygen atoms in total. The zero-order valence-electron chi connectivity index (χ0n) is 24.5. The van der Waals surface area contributed by atoms with Crippen LogP contribution in [-0.2, 0) is 19.1 Å². The van der Waals surface area contributed by atoms with Gasteiger partial charge in [-0.05, 0) is 95.3 Å². The van der Waals surface area contributed by atoms with Crippen LogP contribution in [0.15, 0.2) is 42.5 Å². The molecule has 2 aromatic rings. The molecule has 9 heteroatoms. The predicted octanol–water partition coefficient (Wildman–Crippen LogP) is 5.53. The zero-order chi connectivity index (χ0) is 29.6. The highest BCUT2D eigenvalue weighted by atomic mass is 16.6. The Kier molecular flexibility index (Phi) is 9.95. The third kappa shape index (κ3) is 8.31. The maximum atomic E-state index is 12.6. The van der Waals surface area contributed by atoms with Crippen molar-refractivity contribution in [1.82, 2.24) is 10.6 Å². The molecule has 1 aliphatic heterocycles. The molecule has 1 aliphatic rings. The number of rotatable bonds is 8. The van der Waals surface area contributed by atoms with Gasteiger partial charge in [0.15, 0.2) is 0 Å². The minimum absolute atomic E-state index is 0.0637. The Morgan fingerprint density at radius 1 is 1.02 bits per heavy atom. The summed E-state index contributed by atoms with van der Waals surface area (Å²) in [5.74, 6) is -0.572.